The largest absolute Gasteiger partial charge is 0.322 e. The van der Waals surface area contributed by atoms with Crippen LogP contribution in [0.5, 0.6) is 0 Å². The zero-order valence-electron chi connectivity index (χ0n) is 9.46. The van der Waals surface area contributed by atoms with Crippen LogP contribution < -0.4 is 10.5 Å². The lowest BCUT2D eigenvalue weighted by atomic mass is 10.3. The molecule has 0 aliphatic carbocycles. The van der Waals surface area contributed by atoms with Crippen molar-refractivity contribution >= 4 is 55.5 Å². The standard InChI is InChI=1S/C11H9IN2O3S2/c12-10-4-7(6-18-10)11(15)14-8-2-1-3-9(5-8)19(13,16)17/h1-6H,(H,14,15)(H2,13,16,17). The van der Waals surface area contributed by atoms with Gasteiger partial charge in [0.05, 0.1) is 13.3 Å². The van der Waals surface area contributed by atoms with Gasteiger partial charge in [0.2, 0.25) is 10.0 Å². The van der Waals surface area contributed by atoms with Crippen molar-refractivity contribution in [2.45, 2.75) is 4.90 Å². The van der Waals surface area contributed by atoms with Crippen LogP contribution in [0.4, 0.5) is 5.69 Å². The van der Waals surface area contributed by atoms with Crippen LogP contribution >= 0.6 is 33.9 Å². The number of rotatable bonds is 3. The Kier molecular flexibility index (Phi) is 4.23. The van der Waals surface area contributed by atoms with E-state index >= 15 is 0 Å². The van der Waals surface area contributed by atoms with Gasteiger partial charge >= 0.3 is 0 Å². The Morgan fingerprint density at radius 1 is 1.32 bits per heavy atom. The van der Waals surface area contributed by atoms with Gasteiger partial charge < -0.3 is 5.32 Å². The number of amides is 1. The van der Waals surface area contributed by atoms with E-state index in [1.165, 1.54) is 29.5 Å². The fraction of sp³-hybridized carbons (Fsp3) is 0. The van der Waals surface area contributed by atoms with Crippen LogP contribution in [0.2, 0.25) is 0 Å². The zero-order valence-corrected chi connectivity index (χ0v) is 13.3. The Morgan fingerprint density at radius 2 is 2.05 bits per heavy atom. The minimum Gasteiger partial charge on any atom is -0.322 e. The molecule has 8 heteroatoms. The van der Waals surface area contributed by atoms with E-state index in [1.54, 1.807) is 17.5 Å². The van der Waals surface area contributed by atoms with Gasteiger partial charge in [-0.2, -0.15) is 0 Å². The van der Waals surface area contributed by atoms with Crippen LogP contribution in [0.15, 0.2) is 40.6 Å². The Labute approximate surface area is 128 Å². The number of anilines is 1. The van der Waals surface area contributed by atoms with Gasteiger partial charge in [-0.25, -0.2) is 13.6 Å². The molecule has 19 heavy (non-hydrogen) atoms. The summed E-state index contributed by atoms with van der Waals surface area (Å²) in [6.07, 6.45) is 0. The molecular formula is C11H9IN2O3S2. The van der Waals surface area contributed by atoms with Crippen LogP contribution in [0, 0.1) is 2.88 Å². The van der Waals surface area contributed by atoms with E-state index in [0.717, 1.165) is 2.88 Å². The number of primary sulfonamides is 1. The van der Waals surface area contributed by atoms with Crippen molar-refractivity contribution in [3.63, 3.8) is 0 Å². The lowest BCUT2D eigenvalue weighted by molar-refractivity contribution is 0.102. The van der Waals surface area contributed by atoms with E-state index in [9.17, 15) is 13.2 Å². The predicted molar refractivity (Wildman–Crippen MR) is 82.8 cm³/mol. The highest BCUT2D eigenvalue weighted by molar-refractivity contribution is 14.1. The molecule has 0 aliphatic heterocycles. The molecule has 2 aromatic rings. The summed E-state index contributed by atoms with van der Waals surface area (Å²) in [5.41, 5.74) is 0.924. The van der Waals surface area contributed by atoms with Crippen molar-refractivity contribution in [1.29, 1.82) is 0 Å². The van der Waals surface area contributed by atoms with Gasteiger partial charge in [0.1, 0.15) is 0 Å². The summed E-state index contributed by atoms with van der Waals surface area (Å²) in [6.45, 7) is 0. The van der Waals surface area contributed by atoms with Crippen LogP contribution in [0.25, 0.3) is 0 Å². The second kappa shape index (κ2) is 5.57. The van der Waals surface area contributed by atoms with Gasteiger partial charge in [0, 0.05) is 11.1 Å². The first-order valence-electron chi connectivity index (χ1n) is 5.04. The molecule has 0 radical (unpaired) electrons. The van der Waals surface area contributed by atoms with E-state index in [1.807, 2.05) is 0 Å². The number of carbonyl (C=O) groups is 1. The molecule has 0 fully saturated rings. The molecule has 1 aromatic heterocycles. The molecule has 1 aromatic carbocycles. The highest BCUT2D eigenvalue weighted by Gasteiger charge is 2.11. The molecule has 0 atom stereocenters. The first-order valence-corrected chi connectivity index (χ1v) is 8.55. The predicted octanol–water partition coefficient (Wildman–Crippen LogP) is 2.25. The summed E-state index contributed by atoms with van der Waals surface area (Å²) < 4.78 is 23.4. The minimum atomic E-state index is -3.77. The summed E-state index contributed by atoms with van der Waals surface area (Å²) in [6, 6.07) is 7.57. The number of thiophene rings is 1. The summed E-state index contributed by atoms with van der Waals surface area (Å²) >= 11 is 3.58. The molecule has 3 N–H and O–H groups in total. The van der Waals surface area contributed by atoms with E-state index in [-0.39, 0.29) is 10.8 Å². The van der Waals surface area contributed by atoms with Crippen molar-refractivity contribution in [2.75, 3.05) is 5.32 Å². The van der Waals surface area contributed by atoms with Crippen molar-refractivity contribution < 1.29 is 13.2 Å². The molecule has 0 saturated carbocycles. The van der Waals surface area contributed by atoms with Crippen LogP contribution in [-0.2, 0) is 10.0 Å². The summed E-state index contributed by atoms with van der Waals surface area (Å²) in [5.74, 6) is -0.286. The van der Waals surface area contributed by atoms with Crippen molar-refractivity contribution in [2.24, 2.45) is 5.14 Å². The third-order valence-electron chi connectivity index (χ3n) is 2.25. The van der Waals surface area contributed by atoms with Gasteiger partial charge in [0.25, 0.3) is 5.91 Å². The average molecular weight is 408 g/mol. The van der Waals surface area contributed by atoms with Gasteiger partial charge in [-0.1, -0.05) is 6.07 Å². The van der Waals surface area contributed by atoms with E-state index < -0.39 is 10.0 Å². The van der Waals surface area contributed by atoms with E-state index in [0.29, 0.717) is 11.3 Å². The Morgan fingerprint density at radius 3 is 2.63 bits per heavy atom. The maximum absolute atomic E-state index is 11.9. The zero-order chi connectivity index (χ0) is 14.0. The SMILES string of the molecule is NS(=O)(=O)c1cccc(NC(=O)c2csc(I)c2)c1. The number of hydrogen-bond acceptors (Lipinski definition) is 4. The van der Waals surface area contributed by atoms with Crippen molar-refractivity contribution in [3.8, 4) is 0 Å². The lowest BCUT2D eigenvalue weighted by Crippen LogP contribution is -2.14. The molecule has 1 heterocycles. The quantitative estimate of drug-likeness (QED) is 0.764. The molecule has 1 amide bonds. The number of carbonyl (C=O) groups excluding carboxylic acids is 1. The molecule has 0 bridgehead atoms. The normalized spacial score (nSPS) is 11.3. The summed E-state index contributed by atoms with van der Waals surface area (Å²) in [4.78, 5) is 11.9. The fourth-order valence-corrected chi connectivity index (χ4v) is 3.27. The highest BCUT2D eigenvalue weighted by Crippen LogP contribution is 2.19. The second-order valence-electron chi connectivity index (χ2n) is 3.67. The Balaban J connectivity index is 2.22. The smallest absolute Gasteiger partial charge is 0.256 e. The van der Waals surface area contributed by atoms with E-state index in [4.69, 9.17) is 5.14 Å². The lowest BCUT2D eigenvalue weighted by Gasteiger charge is -2.05. The number of hydrogen-bond donors (Lipinski definition) is 2. The minimum absolute atomic E-state index is 0.0369. The second-order valence-corrected chi connectivity index (χ2v) is 8.03. The van der Waals surface area contributed by atoms with Gasteiger partial charge in [-0.15, -0.1) is 11.3 Å². The highest BCUT2D eigenvalue weighted by atomic mass is 127. The average Bonchev–Trinajstić information content (AvgIpc) is 2.75. The van der Waals surface area contributed by atoms with Gasteiger partial charge in [-0.05, 0) is 46.9 Å². The van der Waals surface area contributed by atoms with Crippen LogP contribution in [0.3, 0.4) is 0 Å². The molecule has 2 rings (SSSR count). The monoisotopic (exact) mass is 408 g/mol. The third-order valence-corrected chi connectivity index (χ3v) is 4.95. The Bertz CT molecular complexity index is 725. The number of nitrogens with one attached hydrogen (secondary N) is 1. The van der Waals surface area contributed by atoms with Crippen LogP contribution in [-0.4, -0.2) is 14.3 Å². The molecule has 0 spiro atoms. The van der Waals surface area contributed by atoms with Gasteiger partial charge in [-0.3, -0.25) is 4.79 Å². The number of benzene rings is 1. The van der Waals surface area contributed by atoms with E-state index in [2.05, 4.69) is 27.9 Å². The Hall–Kier alpha value is -0.970. The third kappa shape index (κ3) is 3.75. The molecule has 100 valence electrons. The number of halogens is 1. The van der Waals surface area contributed by atoms with Gasteiger partial charge in [0.15, 0.2) is 0 Å². The number of sulfonamides is 1. The molecular weight excluding hydrogens is 399 g/mol. The summed E-state index contributed by atoms with van der Waals surface area (Å²) in [5, 5.41) is 9.40. The number of nitrogens with two attached hydrogens (primary N) is 1. The first kappa shape index (κ1) is 14.4. The van der Waals surface area contributed by atoms with Crippen molar-refractivity contribution in [1.82, 2.24) is 0 Å². The maximum atomic E-state index is 11.9. The molecule has 0 saturated heterocycles. The molecule has 5 nitrogen and oxygen atoms in total. The fourth-order valence-electron chi connectivity index (χ4n) is 1.38. The maximum Gasteiger partial charge on any atom is 0.256 e. The molecule has 0 aliphatic rings. The molecule has 0 unspecified atom stereocenters. The van der Waals surface area contributed by atoms with Crippen molar-refractivity contribution in [3.05, 3.63) is 44.2 Å². The summed E-state index contributed by atoms with van der Waals surface area (Å²) in [7, 11) is -3.77. The topological polar surface area (TPSA) is 89.3 Å². The first-order chi connectivity index (χ1) is 8.86. The van der Waals surface area contributed by atoms with Crippen LogP contribution in [0.1, 0.15) is 10.4 Å².